The van der Waals surface area contributed by atoms with Gasteiger partial charge in [0, 0.05) is 18.8 Å². The summed E-state index contributed by atoms with van der Waals surface area (Å²) in [6.45, 7) is 7.66. The van der Waals surface area contributed by atoms with Crippen LogP contribution < -0.4 is 11.1 Å². The van der Waals surface area contributed by atoms with Gasteiger partial charge in [0.05, 0.1) is 0 Å². The number of nitrogens with one attached hydrogen (secondary N) is 1. The molecule has 1 aliphatic heterocycles. The number of likely N-dealkylation sites (tertiary alicyclic amines) is 1. The molecule has 0 aliphatic carbocycles. The van der Waals surface area contributed by atoms with Crippen LogP contribution in [-0.2, 0) is 11.3 Å². The first-order chi connectivity index (χ1) is 12.5. The monoisotopic (exact) mass is 351 g/mol. The van der Waals surface area contributed by atoms with Crippen molar-refractivity contribution in [3.63, 3.8) is 0 Å². The van der Waals surface area contributed by atoms with Crippen LogP contribution >= 0.6 is 0 Å². The molecular weight excluding hydrogens is 322 g/mol. The number of nitrogens with two attached hydrogens (primary N) is 1. The molecule has 0 saturated carbocycles. The third-order valence-electron chi connectivity index (χ3n) is 5.09. The number of amides is 1. The Kier molecular flexibility index (Phi) is 6.07. The molecule has 1 amide bonds. The van der Waals surface area contributed by atoms with Gasteiger partial charge in [-0.25, -0.2) is 0 Å². The summed E-state index contributed by atoms with van der Waals surface area (Å²) in [7, 11) is 0. The van der Waals surface area contributed by atoms with E-state index >= 15 is 0 Å². The number of anilines is 1. The summed E-state index contributed by atoms with van der Waals surface area (Å²) < 4.78 is 0. The molecule has 0 spiro atoms. The van der Waals surface area contributed by atoms with Gasteiger partial charge in [-0.1, -0.05) is 48.9 Å². The van der Waals surface area contributed by atoms with Crippen molar-refractivity contribution in [2.45, 2.75) is 39.3 Å². The zero-order chi connectivity index (χ0) is 18.5. The minimum atomic E-state index is -0.662. The van der Waals surface area contributed by atoms with Crippen LogP contribution in [0.5, 0.6) is 0 Å². The number of nitrogens with zero attached hydrogens (tertiary/aromatic N) is 1. The van der Waals surface area contributed by atoms with Gasteiger partial charge in [-0.2, -0.15) is 0 Å². The summed E-state index contributed by atoms with van der Waals surface area (Å²) in [4.78, 5) is 14.9. The predicted octanol–water partition coefficient (Wildman–Crippen LogP) is 3.87. The summed E-state index contributed by atoms with van der Waals surface area (Å²) in [6, 6.07) is 15.2. The molecule has 26 heavy (non-hydrogen) atoms. The number of hydrogen-bond donors (Lipinski definition) is 2. The third-order valence-corrected chi connectivity index (χ3v) is 5.09. The van der Waals surface area contributed by atoms with Crippen LogP contribution in [0.25, 0.3) is 0 Å². The highest BCUT2D eigenvalue weighted by molar-refractivity contribution is 5.95. The highest BCUT2D eigenvalue weighted by atomic mass is 16.2. The lowest BCUT2D eigenvalue weighted by molar-refractivity contribution is -0.117. The standard InChI is InChI=1S/C22H29N3O/c1-16-5-9-19(10-6-16)21(23)22(26)24-20-11-7-18(8-12-20)15-25-13-3-4-17(2)14-25/h5-12,17,21H,3-4,13-15,23H2,1-2H3,(H,24,26). The van der Waals surface area contributed by atoms with Crippen LogP contribution in [0.4, 0.5) is 5.69 Å². The molecule has 3 rings (SSSR count). The number of aryl methyl sites for hydroxylation is 1. The fourth-order valence-electron chi connectivity index (χ4n) is 3.53. The van der Waals surface area contributed by atoms with Gasteiger partial charge in [-0.05, 0) is 55.5 Å². The Balaban J connectivity index is 1.56. The summed E-state index contributed by atoms with van der Waals surface area (Å²) in [5.41, 5.74) is 10.1. The maximum atomic E-state index is 12.4. The number of carbonyl (C=O) groups is 1. The zero-order valence-corrected chi connectivity index (χ0v) is 15.7. The molecule has 2 aromatic rings. The Morgan fingerprint density at radius 2 is 1.88 bits per heavy atom. The van der Waals surface area contributed by atoms with Crippen molar-refractivity contribution >= 4 is 11.6 Å². The second-order valence-corrected chi connectivity index (χ2v) is 7.56. The Bertz CT molecular complexity index is 724. The molecule has 1 fully saturated rings. The maximum absolute atomic E-state index is 12.4. The fraction of sp³-hybridized carbons (Fsp3) is 0.409. The zero-order valence-electron chi connectivity index (χ0n) is 15.7. The molecule has 4 nitrogen and oxygen atoms in total. The van der Waals surface area contributed by atoms with E-state index in [4.69, 9.17) is 5.73 Å². The van der Waals surface area contributed by atoms with Crippen molar-refractivity contribution < 1.29 is 4.79 Å². The molecule has 0 aromatic heterocycles. The van der Waals surface area contributed by atoms with Gasteiger partial charge in [0.1, 0.15) is 6.04 Å². The van der Waals surface area contributed by atoms with E-state index in [0.29, 0.717) is 0 Å². The number of hydrogen-bond acceptors (Lipinski definition) is 3. The number of piperidine rings is 1. The molecule has 1 heterocycles. The average molecular weight is 351 g/mol. The Hall–Kier alpha value is -2.17. The van der Waals surface area contributed by atoms with Crippen molar-refractivity contribution in [3.8, 4) is 0 Å². The second-order valence-electron chi connectivity index (χ2n) is 7.56. The first kappa shape index (κ1) is 18.6. The van der Waals surface area contributed by atoms with Gasteiger partial charge in [0.2, 0.25) is 5.91 Å². The minimum Gasteiger partial charge on any atom is -0.324 e. The molecule has 0 radical (unpaired) electrons. The third kappa shape index (κ3) is 4.93. The van der Waals surface area contributed by atoms with Crippen molar-refractivity contribution in [2.24, 2.45) is 11.7 Å². The van der Waals surface area contributed by atoms with E-state index in [1.807, 2.05) is 43.3 Å². The fourth-order valence-corrected chi connectivity index (χ4v) is 3.53. The molecule has 2 aromatic carbocycles. The second kappa shape index (κ2) is 8.47. The molecule has 1 saturated heterocycles. The van der Waals surface area contributed by atoms with Gasteiger partial charge in [0.25, 0.3) is 0 Å². The average Bonchev–Trinajstić information content (AvgIpc) is 2.63. The van der Waals surface area contributed by atoms with E-state index in [2.05, 4.69) is 29.3 Å². The van der Waals surface area contributed by atoms with Gasteiger partial charge in [-0.3, -0.25) is 9.69 Å². The van der Waals surface area contributed by atoms with Gasteiger partial charge in [-0.15, -0.1) is 0 Å². The molecule has 2 unspecified atom stereocenters. The lowest BCUT2D eigenvalue weighted by Gasteiger charge is -2.30. The molecule has 138 valence electrons. The van der Waals surface area contributed by atoms with E-state index in [0.717, 1.165) is 29.3 Å². The van der Waals surface area contributed by atoms with Crippen LogP contribution in [-0.4, -0.2) is 23.9 Å². The summed E-state index contributed by atoms with van der Waals surface area (Å²) in [5.74, 6) is 0.594. The van der Waals surface area contributed by atoms with Crippen LogP contribution in [0, 0.1) is 12.8 Å². The molecular formula is C22H29N3O. The summed E-state index contributed by atoms with van der Waals surface area (Å²) in [5, 5.41) is 2.92. The normalized spacial score (nSPS) is 19.1. The smallest absolute Gasteiger partial charge is 0.245 e. The SMILES string of the molecule is Cc1ccc(C(N)C(=O)Nc2ccc(CN3CCCC(C)C3)cc2)cc1. The molecule has 1 aliphatic rings. The van der Waals surface area contributed by atoms with Crippen LogP contribution in [0.3, 0.4) is 0 Å². The molecule has 2 atom stereocenters. The molecule has 0 bridgehead atoms. The largest absolute Gasteiger partial charge is 0.324 e. The van der Waals surface area contributed by atoms with E-state index in [9.17, 15) is 4.79 Å². The van der Waals surface area contributed by atoms with Crippen molar-refractivity contribution in [1.82, 2.24) is 4.90 Å². The Morgan fingerprint density at radius 1 is 1.19 bits per heavy atom. The van der Waals surface area contributed by atoms with Crippen molar-refractivity contribution in [1.29, 1.82) is 0 Å². The molecule has 3 N–H and O–H groups in total. The van der Waals surface area contributed by atoms with Crippen molar-refractivity contribution in [2.75, 3.05) is 18.4 Å². The number of rotatable bonds is 5. The highest BCUT2D eigenvalue weighted by Crippen LogP contribution is 2.19. The van der Waals surface area contributed by atoms with Crippen LogP contribution in [0.1, 0.15) is 42.5 Å². The van der Waals surface area contributed by atoms with Crippen LogP contribution in [0.15, 0.2) is 48.5 Å². The van der Waals surface area contributed by atoms with Gasteiger partial charge < -0.3 is 11.1 Å². The highest BCUT2D eigenvalue weighted by Gasteiger charge is 2.17. The quantitative estimate of drug-likeness (QED) is 0.860. The summed E-state index contributed by atoms with van der Waals surface area (Å²) >= 11 is 0. The van der Waals surface area contributed by atoms with E-state index < -0.39 is 6.04 Å². The van der Waals surface area contributed by atoms with E-state index in [-0.39, 0.29) is 5.91 Å². The number of benzene rings is 2. The lowest BCUT2D eigenvalue weighted by atomic mass is 10.00. The Labute approximate surface area is 156 Å². The Morgan fingerprint density at radius 3 is 2.54 bits per heavy atom. The minimum absolute atomic E-state index is 0.188. The topological polar surface area (TPSA) is 58.4 Å². The summed E-state index contributed by atoms with van der Waals surface area (Å²) in [6.07, 6.45) is 2.62. The first-order valence-electron chi connectivity index (χ1n) is 9.45. The molecule has 4 heteroatoms. The van der Waals surface area contributed by atoms with E-state index in [1.54, 1.807) is 0 Å². The maximum Gasteiger partial charge on any atom is 0.245 e. The number of carbonyl (C=O) groups excluding carboxylic acids is 1. The van der Waals surface area contributed by atoms with Crippen LogP contribution in [0.2, 0.25) is 0 Å². The lowest BCUT2D eigenvalue weighted by Crippen LogP contribution is -2.33. The first-order valence-corrected chi connectivity index (χ1v) is 9.45. The van der Waals surface area contributed by atoms with E-state index in [1.165, 1.54) is 31.5 Å². The van der Waals surface area contributed by atoms with Crippen molar-refractivity contribution in [3.05, 3.63) is 65.2 Å². The van der Waals surface area contributed by atoms with Gasteiger partial charge in [0.15, 0.2) is 0 Å². The predicted molar refractivity (Wildman–Crippen MR) is 107 cm³/mol. The van der Waals surface area contributed by atoms with Gasteiger partial charge >= 0.3 is 0 Å².